The highest BCUT2D eigenvalue weighted by atomic mass is 32.1. The van der Waals surface area contributed by atoms with Gasteiger partial charge in [0.05, 0.1) is 28.8 Å². The first-order valence-corrected chi connectivity index (χ1v) is 13.2. The summed E-state index contributed by atoms with van der Waals surface area (Å²) in [7, 11) is 0. The molecule has 7 nitrogen and oxygen atoms in total. The van der Waals surface area contributed by atoms with Gasteiger partial charge in [0.15, 0.2) is 5.69 Å². The molecule has 1 aliphatic heterocycles. The second kappa shape index (κ2) is 11.5. The van der Waals surface area contributed by atoms with Crippen LogP contribution in [0.4, 0.5) is 20.8 Å². The van der Waals surface area contributed by atoms with E-state index >= 15 is 0 Å². The molecule has 1 aliphatic carbocycles. The molecule has 0 spiro atoms. The molecule has 188 valence electrons. The number of amides is 1. The summed E-state index contributed by atoms with van der Waals surface area (Å²) in [5.74, 6) is -0.397. The number of hydrogen-bond acceptors (Lipinski definition) is 7. The summed E-state index contributed by atoms with van der Waals surface area (Å²) in [4.78, 5) is 19.3. The molecule has 1 aromatic carbocycles. The van der Waals surface area contributed by atoms with Crippen LogP contribution in [0.1, 0.15) is 72.8 Å². The fourth-order valence-corrected chi connectivity index (χ4v) is 5.02. The molecule has 1 saturated heterocycles. The number of nitrogens with zero attached hydrogens (tertiary/aromatic N) is 4. The lowest BCUT2D eigenvalue weighted by Crippen LogP contribution is -2.48. The molecule has 2 aromatic heterocycles. The van der Waals surface area contributed by atoms with Crippen molar-refractivity contribution in [3.63, 3.8) is 0 Å². The number of hydrogen-bond donors (Lipinski definition) is 2. The van der Waals surface area contributed by atoms with Gasteiger partial charge in [0, 0.05) is 19.1 Å². The van der Waals surface area contributed by atoms with Crippen LogP contribution < -0.4 is 15.5 Å². The maximum Gasteiger partial charge on any atom is 0.254 e. The van der Waals surface area contributed by atoms with E-state index in [1.54, 1.807) is 12.3 Å². The summed E-state index contributed by atoms with van der Waals surface area (Å²) in [6.45, 7) is 7.31. The number of nitriles is 1. The lowest BCUT2D eigenvalue weighted by Gasteiger charge is -2.34. The number of aromatic nitrogens is 2. The number of aryl methyl sites for hydroxylation is 1. The van der Waals surface area contributed by atoms with E-state index in [0.717, 1.165) is 54.2 Å². The van der Waals surface area contributed by atoms with Crippen molar-refractivity contribution in [2.24, 2.45) is 0 Å². The van der Waals surface area contributed by atoms with Crippen LogP contribution in [0.5, 0.6) is 0 Å². The second-order valence-corrected chi connectivity index (χ2v) is 9.74. The van der Waals surface area contributed by atoms with E-state index in [-0.39, 0.29) is 17.5 Å². The third-order valence-electron chi connectivity index (χ3n) is 6.27. The van der Waals surface area contributed by atoms with Crippen molar-refractivity contribution in [2.45, 2.75) is 58.4 Å². The Balaban J connectivity index is 0.00000148. The summed E-state index contributed by atoms with van der Waals surface area (Å²) >= 11 is 1.33. The van der Waals surface area contributed by atoms with Gasteiger partial charge in [0.25, 0.3) is 5.91 Å². The van der Waals surface area contributed by atoms with Crippen molar-refractivity contribution in [3.05, 3.63) is 64.9 Å². The number of carbonyl (C=O) groups excluding carboxylic acids is 1. The number of carbonyl (C=O) groups is 1. The van der Waals surface area contributed by atoms with Gasteiger partial charge < -0.3 is 15.5 Å². The van der Waals surface area contributed by atoms with Crippen molar-refractivity contribution in [1.29, 1.82) is 5.26 Å². The van der Waals surface area contributed by atoms with Gasteiger partial charge >= 0.3 is 0 Å². The van der Waals surface area contributed by atoms with Crippen LogP contribution in [0.25, 0.3) is 0 Å². The van der Waals surface area contributed by atoms with E-state index < -0.39 is 5.82 Å². The first-order valence-electron chi connectivity index (χ1n) is 12.5. The monoisotopic (exact) mass is 506 g/mol. The average Bonchev–Trinajstić information content (AvgIpc) is 3.67. The SMILES string of the molecule is CC.Cc1cc(Nc2cc(N3CCC[C@@H](NC(=O)c4ccc(C5CC5)cc4F)C3)cnc2C#N)sn1. The predicted molar refractivity (Wildman–Crippen MR) is 142 cm³/mol. The van der Waals surface area contributed by atoms with Crippen LogP contribution in [0.2, 0.25) is 0 Å². The predicted octanol–water partition coefficient (Wildman–Crippen LogP) is 5.90. The zero-order chi connectivity index (χ0) is 25.7. The van der Waals surface area contributed by atoms with Gasteiger partial charge in [-0.3, -0.25) is 4.79 Å². The van der Waals surface area contributed by atoms with E-state index in [9.17, 15) is 14.4 Å². The first-order chi connectivity index (χ1) is 17.5. The molecule has 3 heterocycles. The van der Waals surface area contributed by atoms with Crippen LogP contribution in [0.15, 0.2) is 36.5 Å². The van der Waals surface area contributed by atoms with E-state index in [4.69, 9.17) is 0 Å². The van der Waals surface area contributed by atoms with Gasteiger partial charge in [-0.05, 0) is 79.9 Å². The molecule has 3 aromatic rings. The summed E-state index contributed by atoms with van der Waals surface area (Å²) < 4.78 is 18.8. The van der Waals surface area contributed by atoms with Crippen molar-refractivity contribution >= 4 is 33.8 Å². The Hall–Kier alpha value is -3.51. The van der Waals surface area contributed by atoms with Crippen LogP contribution in [-0.2, 0) is 0 Å². The van der Waals surface area contributed by atoms with E-state index in [1.807, 2.05) is 39.0 Å². The number of benzene rings is 1. The highest BCUT2D eigenvalue weighted by molar-refractivity contribution is 7.10. The van der Waals surface area contributed by atoms with Crippen LogP contribution in [0.3, 0.4) is 0 Å². The zero-order valence-corrected chi connectivity index (χ0v) is 21.7. The average molecular weight is 507 g/mol. The quantitative estimate of drug-likeness (QED) is 0.432. The molecular weight excluding hydrogens is 475 g/mol. The second-order valence-electron chi connectivity index (χ2n) is 8.93. The number of nitrogens with one attached hydrogen (secondary N) is 2. The highest BCUT2D eigenvalue weighted by Gasteiger charge is 2.27. The molecular formula is C27H31FN6OS. The summed E-state index contributed by atoms with van der Waals surface area (Å²) in [6.07, 6.45) is 5.56. The molecule has 1 atom stereocenters. The number of rotatable bonds is 6. The van der Waals surface area contributed by atoms with Crippen molar-refractivity contribution < 1.29 is 9.18 Å². The highest BCUT2D eigenvalue weighted by Crippen LogP contribution is 2.40. The molecule has 9 heteroatoms. The molecule has 5 rings (SSSR count). The lowest BCUT2D eigenvalue weighted by molar-refractivity contribution is 0.0929. The van der Waals surface area contributed by atoms with Crippen LogP contribution in [0, 0.1) is 24.1 Å². The Morgan fingerprint density at radius 1 is 1.22 bits per heavy atom. The maximum atomic E-state index is 14.6. The Morgan fingerprint density at radius 2 is 2.03 bits per heavy atom. The number of anilines is 3. The van der Waals surface area contributed by atoms with Gasteiger partial charge in [0.1, 0.15) is 16.9 Å². The third-order valence-corrected chi connectivity index (χ3v) is 7.07. The number of piperidine rings is 1. The van der Waals surface area contributed by atoms with Crippen LogP contribution in [-0.4, -0.2) is 34.4 Å². The molecule has 2 aliphatic rings. The largest absolute Gasteiger partial charge is 0.368 e. The molecule has 0 unspecified atom stereocenters. The summed E-state index contributed by atoms with van der Waals surface area (Å²) in [6, 6.07) is 10.8. The minimum absolute atomic E-state index is 0.0906. The summed E-state index contributed by atoms with van der Waals surface area (Å²) in [5.41, 5.74) is 3.76. The third kappa shape index (κ3) is 6.00. The maximum absolute atomic E-state index is 14.6. The minimum atomic E-state index is -0.458. The smallest absolute Gasteiger partial charge is 0.254 e. The van der Waals surface area contributed by atoms with Crippen molar-refractivity contribution in [1.82, 2.24) is 14.7 Å². The van der Waals surface area contributed by atoms with E-state index in [1.165, 1.54) is 17.6 Å². The fourth-order valence-electron chi connectivity index (χ4n) is 4.35. The van der Waals surface area contributed by atoms with Gasteiger partial charge in [-0.25, -0.2) is 9.37 Å². The molecule has 36 heavy (non-hydrogen) atoms. The molecule has 2 N–H and O–H groups in total. The topological polar surface area (TPSA) is 93.9 Å². The molecule has 0 radical (unpaired) electrons. The Morgan fingerprint density at radius 3 is 2.69 bits per heavy atom. The van der Waals surface area contributed by atoms with Crippen molar-refractivity contribution in [3.8, 4) is 6.07 Å². The zero-order valence-electron chi connectivity index (χ0n) is 20.8. The number of halogens is 1. The Bertz CT molecular complexity index is 1270. The van der Waals surface area contributed by atoms with E-state index in [2.05, 4.69) is 31.0 Å². The number of pyridine rings is 1. The Kier molecular flexibility index (Phi) is 8.16. The van der Waals surface area contributed by atoms with Crippen LogP contribution >= 0.6 is 11.5 Å². The van der Waals surface area contributed by atoms with Gasteiger partial charge in [0.2, 0.25) is 0 Å². The fraction of sp³-hybridized carbons (Fsp3) is 0.407. The lowest BCUT2D eigenvalue weighted by atomic mass is 10.0. The first kappa shape index (κ1) is 25.6. The standard InChI is InChI=1S/C25H25FN6OS.C2H6/c1-15-9-24(34-31-15)30-22-11-19(13-28-23(22)12-27)32-8-2-3-18(14-32)29-25(33)20-7-6-17(10-21(20)26)16-4-5-16;1-2/h6-7,9-11,13,16,18,30H,2-5,8,14H2,1H3,(H,29,33);1-2H3/t18-;/m1./s1. The Labute approximate surface area is 215 Å². The minimum Gasteiger partial charge on any atom is -0.368 e. The normalized spacial score (nSPS) is 17.0. The van der Waals surface area contributed by atoms with Gasteiger partial charge in [-0.15, -0.1) is 0 Å². The van der Waals surface area contributed by atoms with Crippen molar-refractivity contribution in [2.75, 3.05) is 23.3 Å². The molecule has 2 fully saturated rings. The molecule has 1 saturated carbocycles. The van der Waals surface area contributed by atoms with Gasteiger partial charge in [-0.1, -0.05) is 19.9 Å². The van der Waals surface area contributed by atoms with Gasteiger partial charge in [-0.2, -0.15) is 9.64 Å². The summed E-state index contributed by atoms with van der Waals surface area (Å²) in [5, 5.41) is 16.6. The van der Waals surface area contributed by atoms with E-state index in [0.29, 0.717) is 23.8 Å². The molecule has 1 amide bonds. The molecule has 0 bridgehead atoms.